The van der Waals surface area contributed by atoms with E-state index >= 15 is 0 Å². The largest absolute Gasteiger partial charge is 0.361 e. The molecule has 0 saturated heterocycles. The van der Waals surface area contributed by atoms with E-state index in [0.29, 0.717) is 0 Å². The number of hydrogen-bond donors (Lipinski definition) is 4. The summed E-state index contributed by atoms with van der Waals surface area (Å²) in [5, 5.41) is 1.20. The predicted octanol–water partition coefficient (Wildman–Crippen LogP) is 0.587. The molecule has 0 aromatic carbocycles. The third kappa shape index (κ3) is 11.6. The minimum Gasteiger partial charge on any atom is -0.361 e. The number of hydrogen-bond acceptors (Lipinski definition) is 4. The van der Waals surface area contributed by atoms with Crippen LogP contribution in [0.2, 0.25) is 0 Å². The molecule has 0 heterocycles. The number of ether oxygens (including phenoxy) is 2. The van der Waals surface area contributed by atoms with Gasteiger partial charge in [0.15, 0.2) is 0 Å². The van der Waals surface area contributed by atoms with Crippen molar-refractivity contribution in [2.24, 2.45) is 5.73 Å². The summed E-state index contributed by atoms with van der Waals surface area (Å²) in [6, 6.07) is 0. The first-order chi connectivity index (χ1) is 6.27. The lowest BCUT2D eigenvalue weighted by Crippen LogP contribution is -2.47. The number of thiol groups is 2. The molecule has 0 bridgehead atoms. The number of carbonyl (C=O) groups is 2. The molecule has 0 aliphatic carbocycles. The first kappa shape index (κ1) is 16.0. The molecule has 0 aliphatic rings. The van der Waals surface area contributed by atoms with Gasteiger partial charge in [-0.1, -0.05) is 25.3 Å². The van der Waals surface area contributed by atoms with Crippen LogP contribution in [0.5, 0.6) is 0 Å². The molecule has 0 rings (SSSR count). The Morgan fingerprint density at radius 3 is 1.64 bits per heavy atom. The van der Waals surface area contributed by atoms with Crippen molar-refractivity contribution in [3.05, 3.63) is 0 Å². The highest BCUT2D eigenvalue weighted by atomic mass is 32.1. The van der Waals surface area contributed by atoms with E-state index < -0.39 is 16.4 Å². The van der Waals surface area contributed by atoms with Gasteiger partial charge in [-0.15, -0.1) is 0 Å². The first-order valence-electron chi connectivity index (χ1n) is 3.37. The summed E-state index contributed by atoms with van der Waals surface area (Å²) in [4.78, 5) is 19.5. The summed E-state index contributed by atoms with van der Waals surface area (Å²) >= 11 is 6.59. The lowest BCUT2D eigenvalue weighted by molar-refractivity contribution is -0.204. The molecule has 3 N–H and O–H groups in total. The van der Waals surface area contributed by atoms with Gasteiger partial charge in [0.1, 0.15) is 0 Å². The van der Waals surface area contributed by atoms with Crippen molar-refractivity contribution in [2.75, 3.05) is 14.2 Å². The second-order valence-electron chi connectivity index (χ2n) is 2.12. The summed E-state index contributed by atoms with van der Waals surface area (Å²) < 4.78 is 9.59. The molecule has 0 spiro atoms. The zero-order chi connectivity index (χ0) is 11.8. The molecule has 84 valence electrons. The van der Waals surface area contributed by atoms with Crippen molar-refractivity contribution in [3.8, 4) is 0 Å². The second kappa shape index (κ2) is 7.92. The van der Waals surface area contributed by atoms with Gasteiger partial charge in [-0.05, 0) is 0 Å². The molecule has 0 saturated carbocycles. The Balaban J connectivity index is 0. The van der Waals surface area contributed by atoms with Crippen LogP contribution in [-0.2, 0) is 9.47 Å². The maximum Gasteiger partial charge on any atom is 0.280 e. The van der Waals surface area contributed by atoms with E-state index in [0.717, 1.165) is 0 Å². The third-order valence-corrected chi connectivity index (χ3v) is 1.22. The third-order valence-electron chi connectivity index (χ3n) is 1.11. The standard InChI is InChI=1S/C5H11NO3S.CH3NOS/c1-5(8-2,9-3)6-4(7)10;2-1(3)4/h1-3H3,(H2,6,7,10);(H3,2,3,4). The van der Waals surface area contributed by atoms with Crippen LogP contribution in [-0.4, -0.2) is 30.6 Å². The van der Waals surface area contributed by atoms with E-state index in [9.17, 15) is 4.79 Å². The van der Waals surface area contributed by atoms with Gasteiger partial charge in [0.2, 0.25) is 5.91 Å². The number of amides is 2. The van der Waals surface area contributed by atoms with Crippen LogP contribution < -0.4 is 11.1 Å². The topological polar surface area (TPSA) is 90.7 Å². The van der Waals surface area contributed by atoms with Gasteiger partial charge >= 0.3 is 0 Å². The maximum atomic E-state index is 10.4. The molecule has 2 amide bonds. The van der Waals surface area contributed by atoms with Crippen molar-refractivity contribution in [3.63, 3.8) is 0 Å². The molecule has 14 heavy (non-hydrogen) atoms. The van der Waals surface area contributed by atoms with Crippen LogP contribution in [0.15, 0.2) is 0 Å². The number of methoxy groups -OCH3 is 2. The highest BCUT2D eigenvalue weighted by Gasteiger charge is 2.23. The maximum absolute atomic E-state index is 10.4. The summed E-state index contributed by atoms with van der Waals surface area (Å²) in [6.45, 7) is 1.57. The highest BCUT2D eigenvalue weighted by molar-refractivity contribution is 7.96. The molecule has 0 aromatic heterocycles. The Hall–Kier alpha value is -0.440. The molecule has 0 unspecified atom stereocenters. The monoisotopic (exact) mass is 242 g/mol. The lowest BCUT2D eigenvalue weighted by Gasteiger charge is -2.25. The van der Waals surface area contributed by atoms with Gasteiger partial charge in [0.25, 0.3) is 10.5 Å². The summed E-state index contributed by atoms with van der Waals surface area (Å²) in [5.41, 5.74) is 4.34. The Morgan fingerprint density at radius 1 is 1.29 bits per heavy atom. The van der Waals surface area contributed by atoms with E-state index in [1.54, 1.807) is 6.92 Å². The summed E-state index contributed by atoms with van der Waals surface area (Å²) in [5.74, 6) is -1.07. The molecule has 0 aromatic rings. The van der Waals surface area contributed by atoms with Crippen molar-refractivity contribution in [1.82, 2.24) is 5.32 Å². The normalized spacial score (nSPS) is 9.79. The fourth-order valence-electron chi connectivity index (χ4n) is 0.380. The SMILES string of the molecule is COC(C)(NC(=O)S)OC.NC(=O)S. The Morgan fingerprint density at radius 2 is 1.57 bits per heavy atom. The molecule has 0 atom stereocenters. The van der Waals surface area contributed by atoms with E-state index in [2.05, 4.69) is 36.3 Å². The Kier molecular flexibility index (Phi) is 9.05. The average Bonchev–Trinajstić information content (AvgIpc) is 2.02. The summed E-state index contributed by atoms with van der Waals surface area (Å²) in [6.07, 6.45) is 0. The van der Waals surface area contributed by atoms with E-state index in [1.807, 2.05) is 0 Å². The molecular weight excluding hydrogens is 228 g/mol. The van der Waals surface area contributed by atoms with Gasteiger partial charge in [0, 0.05) is 21.1 Å². The van der Waals surface area contributed by atoms with Gasteiger partial charge in [-0.2, -0.15) is 0 Å². The molecule has 8 heteroatoms. The number of nitrogens with one attached hydrogen (secondary N) is 1. The molecule has 0 fully saturated rings. The van der Waals surface area contributed by atoms with Crippen LogP contribution in [0.3, 0.4) is 0 Å². The zero-order valence-electron chi connectivity index (χ0n) is 8.10. The van der Waals surface area contributed by atoms with Crippen molar-refractivity contribution >= 4 is 35.7 Å². The van der Waals surface area contributed by atoms with E-state index in [1.165, 1.54) is 14.2 Å². The van der Waals surface area contributed by atoms with E-state index in [4.69, 9.17) is 14.3 Å². The number of carbonyl (C=O) groups excluding carboxylic acids is 2. The second-order valence-corrected chi connectivity index (χ2v) is 2.97. The fraction of sp³-hybridized carbons (Fsp3) is 0.667. The van der Waals surface area contributed by atoms with Crippen LogP contribution in [0, 0.1) is 0 Å². The van der Waals surface area contributed by atoms with Crippen molar-refractivity contribution in [1.29, 1.82) is 0 Å². The quantitative estimate of drug-likeness (QED) is 0.430. The average molecular weight is 242 g/mol. The molecule has 6 nitrogen and oxygen atoms in total. The first-order valence-corrected chi connectivity index (χ1v) is 4.26. The Labute approximate surface area is 93.3 Å². The van der Waals surface area contributed by atoms with Gasteiger partial charge in [-0.25, -0.2) is 0 Å². The number of nitrogens with two attached hydrogens (primary N) is 1. The van der Waals surface area contributed by atoms with Gasteiger partial charge in [-0.3, -0.25) is 14.9 Å². The van der Waals surface area contributed by atoms with Gasteiger partial charge < -0.3 is 15.2 Å². The van der Waals surface area contributed by atoms with Crippen LogP contribution in [0.25, 0.3) is 0 Å². The minimum absolute atomic E-state index is 0.494. The predicted molar refractivity (Wildman–Crippen MR) is 58.5 cm³/mol. The van der Waals surface area contributed by atoms with Crippen LogP contribution in [0.4, 0.5) is 9.59 Å². The van der Waals surface area contributed by atoms with Gasteiger partial charge in [0.05, 0.1) is 0 Å². The zero-order valence-corrected chi connectivity index (χ0v) is 9.89. The van der Waals surface area contributed by atoms with Crippen molar-refractivity contribution < 1.29 is 19.1 Å². The highest BCUT2D eigenvalue weighted by Crippen LogP contribution is 2.04. The molecule has 0 radical (unpaired) electrons. The number of primary amides is 1. The van der Waals surface area contributed by atoms with Crippen LogP contribution in [0.1, 0.15) is 6.92 Å². The van der Waals surface area contributed by atoms with E-state index in [-0.39, 0.29) is 0 Å². The van der Waals surface area contributed by atoms with Crippen LogP contribution >= 0.6 is 25.3 Å². The molecular formula is C6H14N2O4S2. The smallest absolute Gasteiger partial charge is 0.280 e. The number of rotatable bonds is 3. The lowest BCUT2D eigenvalue weighted by atomic mass is 10.5. The Bertz CT molecular complexity index is 192. The minimum atomic E-state index is -1.07. The summed E-state index contributed by atoms with van der Waals surface area (Å²) in [7, 11) is 2.85. The fourth-order valence-corrected chi connectivity index (χ4v) is 0.583. The van der Waals surface area contributed by atoms with Crippen molar-refractivity contribution in [2.45, 2.75) is 12.8 Å². The molecule has 0 aliphatic heterocycles.